The van der Waals surface area contributed by atoms with E-state index >= 15 is 0 Å². The van der Waals surface area contributed by atoms with Gasteiger partial charge in [0.05, 0.1) is 0 Å². The molecule has 0 aliphatic heterocycles. The van der Waals surface area contributed by atoms with Crippen LogP contribution in [0.4, 0.5) is 11.6 Å². The van der Waals surface area contributed by atoms with Gasteiger partial charge in [0.25, 0.3) is 0 Å². The maximum atomic E-state index is 5.32. The predicted octanol–water partition coefficient (Wildman–Crippen LogP) is 0.483. The number of hydrogen-bond donors (Lipinski definition) is 3. The fourth-order valence-electron chi connectivity index (χ4n) is 1.28. The van der Waals surface area contributed by atoms with E-state index in [-0.39, 0.29) is 0 Å². The summed E-state index contributed by atoms with van der Waals surface area (Å²) in [6.45, 7) is 0.384. The summed E-state index contributed by atoms with van der Waals surface area (Å²) in [7, 11) is 1.61. The van der Waals surface area contributed by atoms with Crippen LogP contribution in [-0.4, -0.2) is 23.1 Å². The van der Waals surface area contributed by atoms with Crippen molar-refractivity contribution in [1.82, 2.24) is 9.97 Å². The first kappa shape index (κ1) is 10.1. The average Bonchev–Trinajstić information content (AvgIpc) is 3.02. The first-order valence-electron chi connectivity index (χ1n) is 4.92. The Bertz CT molecular complexity index is 339. The molecule has 0 atom stereocenters. The van der Waals surface area contributed by atoms with Crippen molar-refractivity contribution in [3.8, 4) is 0 Å². The van der Waals surface area contributed by atoms with Crippen LogP contribution >= 0.6 is 0 Å². The second-order valence-electron chi connectivity index (χ2n) is 3.55. The number of nitrogens with zero attached hydrogens (tertiary/aromatic N) is 2. The molecule has 2 rings (SSSR count). The molecule has 1 aliphatic rings. The van der Waals surface area contributed by atoms with Crippen LogP contribution in [0.1, 0.15) is 18.7 Å². The molecule has 0 radical (unpaired) electrons. The number of rotatable bonds is 5. The minimum atomic E-state index is 0.384. The Morgan fingerprint density at radius 2 is 2.20 bits per heavy atom. The zero-order chi connectivity index (χ0) is 10.7. The lowest BCUT2D eigenvalue weighted by Crippen LogP contribution is -2.13. The topological polar surface area (TPSA) is 85.1 Å². The van der Waals surface area contributed by atoms with Crippen LogP contribution in [0.15, 0.2) is 6.07 Å². The van der Waals surface area contributed by atoms with Crippen molar-refractivity contribution in [3.05, 3.63) is 11.9 Å². The maximum absolute atomic E-state index is 5.32. The first-order chi connectivity index (χ1) is 7.31. The third-order valence-corrected chi connectivity index (χ3v) is 2.12. The van der Waals surface area contributed by atoms with Crippen molar-refractivity contribution in [2.24, 2.45) is 5.84 Å². The molecular weight excluding hydrogens is 194 g/mol. The fraction of sp³-hybridized carbons (Fsp3) is 0.556. The summed E-state index contributed by atoms with van der Waals surface area (Å²) in [5.41, 5.74) is 2.51. The largest absolute Gasteiger partial charge is 0.377 e. The summed E-state index contributed by atoms with van der Waals surface area (Å²) < 4.78 is 4.98. The second-order valence-corrected chi connectivity index (χ2v) is 3.55. The average molecular weight is 209 g/mol. The summed E-state index contributed by atoms with van der Waals surface area (Å²) >= 11 is 0. The molecule has 1 heterocycles. The fourth-order valence-corrected chi connectivity index (χ4v) is 1.28. The molecule has 0 spiro atoms. The van der Waals surface area contributed by atoms with E-state index in [0.717, 1.165) is 5.82 Å². The van der Waals surface area contributed by atoms with Gasteiger partial charge < -0.3 is 15.5 Å². The highest BCUT2D eigenvalue weighted by molar-refractivity contribution is 5.47. The molecule has 0 bridgehead atoms. The molecule has 0 unspecified atom stereocenters. The van der Waals surface area contributed by atoms with Crippen LogP contribution in [0.25, 0.3) is 0 Å². The normalized spacial score (nSPS) is 15.1. The van der Waals surface area contributed by atoms with Crippen LogP contribution in [-0.2, 0) is 11.3 Å². The van der Waals surface area contributed by atoms with Gasteiger partial charge in [-0.1, -0.05) is 0 Å². The molecule has 0 saturated heterocycles. The van der Waals surface area contributed by atoms with Crippen molar-refractivity contribution in [2.45, 2.75) is 25.5 Å². The highest BCUT2D eigenvalue weighted by Crippen LogP contribution is 2.24. The van der Waals surface area contributed by atoms with E-state index in [1.807, 2.05) is 0 Å². The molecule has 6 heteroatoms. The highest BCUT2D eigenvalue weighted by Gasteiger charge is 2.21. The van der Waals surface area contributed by atoms with E-state index in [9.17, 15) is 0 Å². The molecule has 15 heavy (non-hydrogen) atoms. The lowest BCUT2D eigenvalue weighted by atomic mass is 10.4. The van der Waals surface area contributed by atoms with E-state index in [4.69, 9.17) is 10.6 Å². The van der Waals surface area contributed by atoms with Gasteiger partial charge in [0.1, 0.15) is 18.2 Å². The van der Waals surface area contributed by atoms with Gasteiger partial charge in [0.2, 0.25) is 0 Å². The molecule has 6 nitrogen and oxygen atoms in total. The smallest absolute Gasteiger partial charge is 0.158 e. The number of anilines is 2. The number of methoxy groups -OCH3 is 1. The van der Waals surface area contributed by atoms with Gasteiger partial charge in [-0.05, 0) is 12.8 Å². The van der Waals surface area contributed by atoms with E-state index in [0.29, 0.717) is 24.3 Å². The maximum Gasteiger partial charge on any atom is 0.158 e. The molecule has 1 fully saturated rings. The van der Waals surface area contributed by atoms with Crippen molar-refractivity contribution in [2.75, 3.05) is 17.9 Å². The van der Waals surface area contributed by atoms with Gasteiger partial charge in [-0.2, -0.15) is 0 Å². The summed E-state index contributed by atoms with van der Waals surface area (Å²) in [5.74, 6) is 7.34. The molecular formula is C9H15N5O. The van der Waals surface area contributed by atoms with E-state index in [2.05, 4.69) is 20.7 Å². The Balaban J connectivity index is 2.15. The number of nitrogen functional groups attached to an aromatic ring is 1. The van der Waals surface area contributed by atoms with Crippen molar-refractivity contribution in [3.63, 3.8) is 0 Å². The van der Waals surface area contributed by atoms with E-state index < -0.39 is 0 Å². The summed E-state index contributed by atoms with van der Waals surface area (Å²) in [6, 6.07) is 2.35. The summed E-state index contributed by atoms with van der Waals surface area (Å²) in [5, 5.41) is 3.29. The summed E-state index contributed by atoms with van der Waals surface area (Å²) in [4.78, 5) is 8.47. The summed E-state index contributed by atoms with van der Waals surface area (Å²) in [6.07, 6.45) is 2.41. The number of hydrogen-bond acceptors (Lipinski definition) is 6. The number of nitrogens with one attached hydrogen (secondary N) is 2. The lowest BCUT2D eigenvalue weighted by molar-refractivity contribution is 0.178. The Hall–Kier alpha value is -1.40. The van der Waals surface area contributed by atoms with E-state index in [1.54, 1.807) is 13.2 Å². The van der Waals surface area contributed by atoms with Gasteiger partial charge in [-0.15, -0.1) is 0 Å². The molecule has 1 aliphatic carbocycles. The van der Waals surface area contributed by atoms with Crippen molar-refractivity contribution >= 4 is 11.6 Å². The molecule has 0 aromatic carbocycles. The van der Waals surface area contributed by atoms with Gasteiger partial charge in [0, 0.05) is 19.2 Å². The highest BCUT2D eigenvalue weighted by atomic mass is 16.5. The Labute approximate surface area is 88.2 Å². The SMILES string of the molecule is COCc1nc(NN)cc(NC2CC2)n1. The molecule has 4 N–H and O–H groups in total. The molecule has 0 amide bonds. The van der Waals surface area contributed by atoms with Gasteiger partial charge in [-0.3, -0.25) is 0 Å². The third kappa shape index (κ3) is 2.77. The zero-order valence-corrected chi connectivity index (χ0v) is 8.66. The number of hydrazine groups is 1. The number of aromatic nitrogens is 2. The second kappa shape index (κ2) is 4.41. The van der Waals surface area contributed by atoms with Crippen LogP contribution in [0.2, 0.25) is 0 Å². The van der Waals surface area contributed by atoms with Crippen LogP contribution in [0, 0.1) is 0 Å². The number of nitrogens with two attached hydrogens (primary N) is 1. The van der Waals surface area contributed by atoms with Crippen LogP contribution < -0.4 is 16.6 Å². The van der Waals surface area contributed by atoms with Crippen LogP contribution in [0.3, 0.4) is 0 Å². The standard InChI is InChI=1S/C9H15N5O/c1-15-5-9-12-7(11-6-2-3-6)4-8(13-9)14-10/h4,6H,2-3,5,10H2,1H3,(H2,11,12,13,14). The zero-order valence-electron chi connectivity index (χ0n) is 8.66. The van der Waals surface area contributed by atoms with E-state index in [1.165, 1.54) is 12.8 Å². The minimum absolute atomic E-state index is 0.384. The Morgan fingerprint density at radius 3 is 2.80 bits per heavy atom. The van der Waals surface area contributed by atoms with Crippen molar-refractivity contribution < 1.29 is 4.74 Å². The third-order valence-electron chi connectivity index (χ3n) is 2.12. The monoisotopic (exact) mass is 209 g/mol. The molecule has 1 saturated carbocycles. The number of ether oxygens (including phenoxy) is 1. The Morgan fingerprint density at radius 1 is 1.47 bits per heavy atom. The first-order valence-corrected chi connectivity index (χ1v) is 4.92. The molecule has 1 aromatic rings. The van der Waals surface area contributed by atoms with Crippen LogP contribution in [0.5, 0.6) is 0 Å². The van der Waals surface area contributed by atoms with Crippen molar-refractivity contribution in [1.29, 1.82) is 0 Å². The predicted molar refractivity (Wildman–Crippen MR) is 57.2 cm³/mol. The minimum Gasteiger partial charge on any atom is -0.377 e. The van der Waals surface area contributed by atoms with Gasteiger partial charge in [-0.25, -0.2) is 15.8 Å². The quantitative estimate of drug-likeness (QED) is 0.483. The molecule has 1 aromatic heterocycles. The van der Waals surface area contributed by atoms with Gasteiger partial charge >= 0.3 is 0 Å². The molecule has 82 valence electrons. The lowest BCUT2D eigenvalue weighted by Gasteiger charge is -2.08. The Kier molecular flexibility index (Phi) is 2.98. The van der Waals surface area contributed by atoms with Gasteiger partial charge in [0.15, 0.2) is 5.82 Å².